The van der Waals surface area contributed by atoms with Gasteiger partial charge in [0, 0.05) is 12.3 Å². The molecule has 0 aliphatic carbocycles. The second-order valence-electron chi connectivity index (χ2n) is 4.99. The summed E-state index contributed by atoms with van der Waals surface area (Å²) in [5.41, 5.74) is 6.24. The van der Waals surface area contributed by atoms with Crippen LogP contribution in [0.3, 0.4) is 0 Å². The molecule has 3 N–H and O–H groups in total. The molecule has 1 aliphatic heterocycles. The van der Waals surface area contributed by atoms with Gasteiger partial charge in [0.05, 0.1) is 17.0 Å². The number of nitrogens with one attached hydrogen (secondary N) is 1. The van der Waals surface area contributed by atoms with Gasteiger partial charge in [0.2, 0.25) is 10.0 Å². The number of hydrogen-bond donors (Lipinski definition) is 2. The molecule has 18 heavy (non-hydrogen) atoms. The van der Waals surface area contributed by atoms with E-state index in [-0.39, 0.29) is 4.90 Å². The fourth-order valence-corrected chi connectivity index (χ4v) is 3.74. The molecule has 0 amide bonds. The van der Waals surface area contributed by atoms with Crippen LogP contribution in [-0.2, 0) is 14.8 Å². The molecule has 0 spiro atoms. The first kappa shape index (κ1) is 13.3. The zero-order valence-corrected chi connectivity index (χ0v) is 11.4. The van der Waals surface area contributed by atoms with E-state index in [1.165, 1.54) is 6.07 Å². The van der Waals surface area contributed by atoms with Crippen molar-refractivity contribution in [2.75, 3.05) is 18.9 Å². The number of sulfonamides is 1. The van der Waals surface area contributed by atoms with Crippen molar-refractivity contribution >= 4 is 15.7 Å². The van der Waals surface area contributed by atoms with Crippen LogP contribution >= 0.6 is 0 Å². The lowest BCUT2D eigenvalue weighted by Crippen LogP contribution is -2.46. The Kier molecular flexibility index (Phi) is 3.35. The standard InChI is InChI=1S/C12H18N2O3S/c1-9-3-4-10(13)7-11(9)18(15,16)14-12(2)5-6-17-8-12/h3-4,7,14H,5-6,8,13H2,1-2H3. The van der Waals surface area contributed by atoms with Gasteiger partial charge >= 0.3 is 0 Å². The lowest BCUT2D eigenvalue weighted by molar-refractivity contribution is 0.178. The van der Waals surface area contributed by atoms with Gasteiger partial charge in [-0.05, 0) is 38.0 Å². The second kappa shape index (κ2) is 4.53. The van der Waals surface area contributed by atoms with E-state index < -0.39 is 15.6 Å². The molecule has 0 bridgehead atoms. The number of aryl methyl sites for hydroxylation is 1. The Balaban J connectivity index is 2.33. The quantitative estimate of drug-likeness (QED) is 0.804. The third kappa shape index (κ3) is 2.66. The fourth-order valence-electron chi connectivity index (χ4n) is 2.03. The zero-order chi connectivity index (χ0) is 13.4. The maximum atomic E-state index is 12.3. The topological polar surface area (TPSA) is 81.4 Å². The smallest absolute Gasteiger partial charge is 0.241 e. The molecule has 1 fully saturated rings. The minimum atomic E-state index is -3.57. The van der Waals surface area contributed by atoms with Crippen molar-refractivity contribution in [2.24, 2.45) is 0 Å². The first-order valence-electron chi connectivity index (χ1n) is 5.80. The maximum absolute atomic E-state index is 12.3. The number of nitrogen functional groups attached to an aromatic ring is 1. The van der Waals surface area contributed by atoms with Crippen molar-refractivity contribution in [1.82, 2.24) is 4.72 Å². The Morgan fingerprint density at radius 2 is 2.17 bits per heavy atom. The highest BCUT2D eigenvalue weighted by molar-refractivity contribution is 7.89. The maximum Gasteiger partial charge on any atom is 0.241 e. The number of anilines is 1. The third-order valence-corrected chi connectivity index (χ3v) is 4.88. The minimum Gasteiger partial charge on any atom is -0.399 e. The van der Waals surface area contributed by atoms with Crippen LogP contribution in [0.1, 0.15) is 18.9 Å². The summed E-state index contributed by atoms with van der Waals surface area (Å²) in [5.74, 6) is 0. The average Bonchev–Trinajstić information content (AvgIpc) is 2.67. The Morgan fingerprint density at radius 3 is 2.78 bits per heavy atom. The van der Waals surface area contributed by atoms with Crippen molar-refractivity contribution in [1.29, 1.82) is 0 Å². The lowest BCUT2D eigenvalue weighted by atomic mass is 10.0. The summed E-state index contributed by atoms with van der Waals surface area (Å²) < 4.78 is 32.6. The van der Waals surface area contributed by atoms with E-state index >= 15 is 0 Å². The van der Waals surface area contributed by atoms with Crippen LogP contribution in [0.5, 0.6) is 0 Å². The minimum absolute atomic E-state index is 0.232. The molecule has 0 aromatic heterocycles. The van der Waals surface area contributed by atoms with Gasteiger partial charge in [0.1, 0.15) is 0 Å². The number of hydrogen-bond acceptors (Lipinski definition) is 4. The van der Waals surface area contributed by atoms with Crippen LogP contribution < -0.4 is 10.5 Å². The van der Waals surface area contributed by atoms with Gasteiger partial charge in [-0.2, -0.15) is 0 Å². The van der Waals surface area contributed by atoms with Crippen molar-refractivity contribution in [3.8, 4) is 0 Å². The van der Waals surface area contributed by atoms with Gasteiger partial charge in [0.15, 0.2) is 0 Å². The summed E-state index contributed by atoms with van der Waals surface area (Å²) >= 11 is 0. The molecule has 1 atom stereocenters. The van der Waals surface area contributed by atoms with E-state index in [4.69, 9.17) is 10.5 Å². The number of rotatable bonds is 3. The van der Waals surface area contributed by atoms with E-state index in [9.17, 15) is 8.42 Å². The molecule has 1 saturated heterocycles. The molecule has 2 rings (SSSR count). The molecule has 1 unspecified atom stereocenters. The van der Waals surface area contributed by atoms with Crippen LogP contribution in [0.25, 0.3) is 0 Å². The van der Waals surface area contributed by atoms with E-state index in [0.717, 1.165) is 0 Å². The highest BCUT2D eigenvalue weighted by Gasteiger charge is 2.35. The third-order valence-electron chi connectivity index (χ3n) is 3.10. The predicted molar refractivity (Wildman–Crippen MR) is 69.8 cm³/mol. The predicted octanol–water partition coefficient (Wildman–Crippen LogP) is 1.03. The molecule has 0 radical (unpaired) electrons. The van der Waals surface area contributed by atoms with Gasteiger partial charge in [-0.1, -0.05) is 6.07 Å². The zero-order valence-electron chi connectivity index (χ0n) is 10.6. The Morgan fingerprint density at radius 1 is 1.44 bits per heavy atom. The van der Waals surface area contributed by atoms with E-state index in [2.05, 4.69) is 4.72 Å². The first-order valence-corrected chi connectivity index (χ1v) is 7.29. The summed E-state index contributed by atoms with van der Waals surface area (Å²) in [5, 5.41) is 0. The van der Waals surface area contributed by atoms with Gasteiger partial charge in [-0.25, -0.2) is 13.1 Å². The fraction of sp³-hybridized carbons (Fsp3) is 0.500. The van der Waals surface area contributed by atoms with Crippen molar-refractivity contribution in [3.05, 3.63) is 23.8 Å². The number of nitrogens with two attached hydrogens (primary N) is 1. The first-order chi connectivity index (χ1) is 8.32. The molecule has 1 aromatic carbocycles. The molecule has 1 heterocycles. The van der Waals surface area contributed by atoms with E-state index in [1.807, 2.05) is 6.92 Å². The summed E-state index contributed by atoms with van der Waals surface area (Å²) in [7, 11) is -3.57. The molecule has 0 saturated carbocycles. The number of benzene rings is 1. The van der Waals surface area contributed by atoms with Crippen LogP contribution in [0.15, 0.2) is 23.1 Å². The van der Waals surface area contributed by atoms with Crippen LogP contribution in [0.4, 0.5) is 5.69 Å². The summed E-state index contributed by atoms with van der Waals surface area (Å²) in [6.07, 6.45) is 0.674. The Labute approximate surface area is 107 Å². The van der Waals surface area contributed by atoms with Crippen LogP contribution in [0, 0.1) is 6.92 Å². The largest absolute Gasteiger partial charge is 0.399 e. The molecular formula is C12H18N2O3S. The van der Waals surface area contributed by atoms with Gasteiger partial charge in [-0.15, -0.1) is 0 Å². The SMILES string of the molecule is Cc1ccc(N)cc1S(=O)(=O)NC1(C)CCOC1. The van der Waals surface area contributed by atoms with Gasteiger partial charge in [0.25, 0.3) is 0 Å². The van der Waals surface area contributed by atoms with Crippen LogP contribution in [-0.4, -0.2) is 27.2 Å². The summed E-state index contributed by atoms with van der Waals surface area (Å²) in [6.45, 7) is 4.57. The van der Waals surface area contributed by atoms with Crippen molar-refractivity contribution in [2.45, 2.75) is 30.7 Å². The van der Waals surface area contributed by atoms with Gasteiger partial charge < -0.3 is 10.5 Å². The normalized spacial score (nSPS) is 24.3. The monoisotopic (exact) mass is 270 g/mol. The number of ether oxygens (including phenoxy) is 1. The second-order valence-corrected chi connectivity index (χ2v) is 6.64. The summed E-state index contributed by atoms with van der Waals surface area (Å²) in [4.78, 5) is 0.232. The van der Waals surface area contributed by atoms with Gasteiger partial charge in [-0.3, -0.25) is 0 Å². The van der Waals surface area contributed by atoms with E-state index in [1.54, 1.807) is 19.1 Å². The lowest BCUT2D eigenvalue weighted by Gasteiger charge is -2.23. The highest BCUT2D eigenvalue weighted by Crippen LogP contribution is 2.24. The Hall–Kier alpha value is -1.11. The molecule has 6 heteroatoms. The molecule has 1 aliphatic rings. The van der Waals surface area contributed by atoms with Crippen LogP contribution in [0.2, 0.25) is 0 Å². The Bertz CT molecular complexity index is 548. The molecule has 100 valence electrons. The molecule has 5 nitrogen and oxygen atoms in total. The molecular weight excluding hydrogens is 252 g/mol. The average molecular weight is 270 g/mol. The van der Waals surface area contributed by atoms with Crippen molar-refractivity contribution < 1.29 is 13.2 Å². The highest BCUT2D eigenvalue weighted by atomic mass is 32.2. The molecule has 1 aromatic rings. The van der Waals surface area contributed by atoms with E-state index in [0.29, 0.717) is 30.9 Å². The van der Waals surface area contributed by atoms with Crippen molar-refractivity contribution in [3.63, 3.8) is 0 Å². The summed E-state index contributed by atoms with van der Waals surface area (Å²) in [6, 6.07) is 4.88.